The second-order valence-electron chi connectivity index (χ2n) is 4.50. The Bertz CT molecular complexity index is 418. The molecule has 16 heavy (non-hydrogen) atoms. The summed E-state index contributed by atoms with van der Waals surface area (Å²) in [5.41, 5.74) is 2.37. The topological polar surface area (TPSA) is 52.8 Å². The zero-order valence-corrected chi connectivity index (χ0v) is 10.6. The van der Waals surface area contributed by atoms with Crippen LogP contribution in [0.4, 0.5) is 5.82 Å². The SMILES string of the molecule is Cc1nnc(N(C)CC(C)C)c(C#N)c1C. The fraction of sp³-hybridized carbons (Fsp3) is 0.583. The third-order valence-electron chi connectivity index (χ3n) is 2.55. The summed E-state index contributed by atoms with van der Waals surface area (Å²) in [7, 11) is 1.94. The Kier molecular flexibility index (Phi) is 3.83. The lowest BCUT2D eigenvalue weighted by molar-refractivity contribution is 0.631. The van der Waals surface area contributed by atoms with Crippen molar-refractivity contribution in [1.29, 1.82) is 5.26 Å². The molecule has 1 heterocycles. The van der Waals surface area contributed by atoms with Crippen molar-refractivity contribution in [2.75, 3.05) is 18.5 Å². The normalized spacial score (nSPS) is 10.3. The van der Waals surface area contributed by atoms with Gasteiger partial charge in [0.2, 0.25) is 0 Å². The van der Waals surface area contributed by atoms with E-state index in [4.69, 9.17) is 5.26 Å². The van der Waals surface area contributed by atoms with Gasteiger partial charge in [-0.3, -0.25) is 0 Å². The standard InChI is InChI=1S/C12H18N4/c1-8(2)7-16(5)12-11(6-13)9(3)10(4)14-15-12/h8H,7H2,1-5H3. The highest BCUT2D eigenvalue weighted by Gasteiger charge is 2.14. The average molecular weight is 218 g/mol. The second-order valence-corrected chi connectivity index (χ2v) is 4.50. The van der Waals surface area contributed by atoms with E-state index >= 15 is 0 Å². The summed E-state index contributed by atoms with van der Waals surface area (Å²) in [6.07, 6.45) is 0. The number of nitrogens with zero attached hydrogens (tertiary/aromatic N) is 4. The van der Waals surface area contributed by atoms with Crippen molar-refractivity contribution in [2.45, 2.75) is 27.7 Å². The van der Waals surface area contributed by atoms with Crippen molar-refractivity contribution >= 4 is 5.82 Å². The summed E-state index contributed by atoms with van der Waals surface area (Å²) in [5, 5.41) is 17.4. The summed E-state index contributed by atoms with van der Waals surface area (Å²) in [4.78, 5) is 1.99. The van der Waals surface area contributed by atoms with Crippen molar-refractivity contribution in [1.82, 2.24) is 10.2 Å². The minimum absolute atomic E-state index is 0.528. The molecular weight excluding hydrogens is 200 g/mol. The van der Waals surface area contributed by atoms with Crippen LogP contribution in [0.1, 0.15) is 30.7 Å². The maximum Gasteiger partial charge on any atom is 0.169 e. The fourth-order valence-electron chi connectivity index (χ4n) is 1.63. The molecule has 0 saturated carbocycles. The van der Waals surface area contributed by atoms with Crippen molar-refractivity contribution < 1.29 is 0 Å². The fourth-order valence-corrected chi connectivity index (χ4v) is 1.63. The number of aromatic nitrogens is 2. The van der Waals surface area contributed by atoms with Gasteiger partial charge < -0.3 is 4.90 Å². The van der Waals surface area contributed by atoms with Crippen LogP contribution in [0.2, 0.25) is 0 Å². The van der Waals surface area contributed by atoms with Crippen LogP contribution in [-0.2, 0) is 0 Å². The zero-order chi connectivity index (χ0) is 12.3. The van der Waals surface area contributed by atoms with Crippen LogP contribution < -0.4 is 4.90 Å². The quantitative estimate of drug-likeness (QED) is 0.779. The van der Waals surface area contributed by atoms with Crippen LogP contribution >= 0.6 is 0 Å². The Morgan fingerprint density at radius 1 is 1.31 bits per heavy atom. The minimum atomic E-state index is 0.528. The van der Waals surface area contributed by atoms with Gasteiger partial charge in [-0.25, -0.2) is 0 Å². The molecule has 0 aliphatic heterocycles. The van der Waals surface area contributed by atoms with Crippen LogP contribution in [0.15, 0.2) is 0 Å². The van der Waals surface area contributed by atoms with Gasteiger partial charge in [-0.1, -0.05) is 13.8 Å². The number of anilines is 1. The van der Waals surface area contributed by atoms with Crippen LogP contribution in [0, 0.1) is 31.1 Å². The molecule has 4 heteroatoms. The van der Waals surface area contributed by atoms with E-state index < -0.39 is 0 Å². The molecule has 0 saturated heterocycles. The van der Waals surface area contributed by atoms with Gasteiger partial charge in [0.05, 0.1) is 5.69 Å². The molecule has 1 aromatic heterocycles. The first-order chi connectivity index (χ1) is 7.47. The Morgan fingerprint density at radius 2 is 1.94 bits per heavy atom. The molecule has 0 radical (unpaired) electrons. The van der Waals surface area contributed by atoms with Gasteiger partial charge in [0.1, 0.15) is 11.6 Å². The molecule has 0 fully saturated rings. The zero-order valence-electron chi connectivity index (χ0n) is 10.6. The monoisotopic (exact) mass is 218 g/mol. The Morgan fingerprint density at radius 3 is 2.44 bits per heavy atom. The highest BCUT2D eigenvalue weighted by molar-refractivity contribution is 5.57. The highest BCUT2D eigenvalue weighted by atomic mass is 15.2. The van der Waals surface area contributed by atoms with Crippen LogP contribution in [0.25, 0.3) is 0 Å². The molecule has 1 rings (SSSR count). The molecule has 0 amide bonds. The number of hydrogen-bond donors (Lipinski definition) is 0. The van der Waals surface area contributed by atoms with E-state index in [1.807, 2.05) is 25.8 Å². The van der Waals surface area contributed by atoms with E-state index in [1.165, 1.54) is 0 Å². The van der Waals surface area contributed by atoms with Crippen molar-refractivity contribution in [3.63, 3.8) is 0 Å². The van der Waals surface area contributed by atoms with Crippen LogP contribution in [0.5, 0.6) is 0 Å². The molecule has 0 aliphatic rings. The Balaban J connectivity index is 3.15. The van der Waals surface area contributed by atoms with Crippen LogP contribution in [0.3, 0.4) is 0 Å². The summed E-state index contributed by atoms with van der Waals surface area (Å²) < 4.78 is 0. The van der Waals surface area contributed by atoms with Gasteiger partial charge in [-0.2, -0.15) is 10.4 Å². The van der Waals surface area contributed by atoms with Gasteiger partial charge in [-0.15, -0.1) is 5.10 Å². The van der Waals surface area contributed by atoms with Gasteiger partial charge >= 0.3 is 0 Å². The van der Waals surface area contributed by atoms with Gasteiger partial charge in [-0.05, 0) is 25.3 Å². The van der Waals surface area contributed by atoms with E-state index in [-0.39, 0.29) is 0 Å². The smallest absolute Gasteiger partial charge is 0.169 e. The summed E-state index contributed by atoms with van der Waals surface area (Å²) in [5.74, 6) is 1.21. The summed E-state index contributed by atoms with van der Waals surface area (Å²) in [6, 6.07) is 2.21. The number of hydrogen-bond acceptors (Lipinski definition) is 4. The second kappa shape index (κ2) is 4.93. The first-order valence-electron chi connectivity index (χ1n) is 5.42. The predicted octanol–water partition coefficient (Wildman–Crippen LogP) is 2.06. The van der Waals surface area contributed by atoms with Crippen molar-refractivity contribution in [3.05, 3.63) is 16.8 Å². The lowest BCUT2D eigenvalue weighted by atomic mass is 10.1. The lowest BCUT2D eigenvalue weighted by Gasteiger charge is -2.21. The van der Waals surface area contributed by atoms with E-state index in [0.717, 1.165) is 17.8 Å². The van der Waals surface area contributed by atoms with Gasteiger partial charge in [0.15, 0.2) is 5.82 Å². The largest absolute Gasteiger partial charge is 0.357 e. The summed E-state index contributed by atoms with van der Waals surface area (Å²) in [6.45, 7) is 8.92. The lowest BCUT2D eigenvalue weighted by Crippen LogP contribution is -2.25. The van der Waals surface area contributed by atoms with E-state index in [0.29, 0.717) is 17.3 Å². The maximum atomic E-state index is 9.16. The molecule has 0 spiro atoms. The number of rotatable bonds is 3. The molecule has 0 bridgehead atoms. The molecule has 4 nitrogen and oxygen atoms in total. The van der Waals surface area contributed by atoms with Gasteiger partial charge in [0, 0.05) is 13.6 Å². The molecule has 0 N–H and O–H groups in total. The third-order valence-corrected chi connectivity index (χ3v) is 2.55. The van der Waals surface area contributed by atoms with Gasteiger partial charge in [0.25, 0.3) is 0 Å². The molecule has 0 aliphatic carbocycles. The van der Waals surface area contributed by atoms with Crippen LogP contribution in [-0.4, -0.2) is 23.8 Å². The molecule has 0 atom stereocenters. The van der Waals surface area contributed by atoms with Crippen molar-refractivity contribution in [2.24, 2.45) is 5.92 Å². The number of nitriles is 1. The molecule has 0 aromatic carbocycles. The molecule has 1 aromatic rings. The Hall–Kier alpha value is -1.63. The number of aryl methyl sites for hydroxylation is 1. The Labute approximate surface area is 96.9 Å². The van der Waals surface area contributed by atoms with Crippen molar-refractivity contribution in [3.8, 4) is 6.07 Å². The molecule has 0 unspecified atom stereocenters. The predicted molar refractivity (Wildman–Crippen MR) is 64.3 cm³/mol. The first kappa shape index (κ1) is 12.4. The average Bonchev–Trinajstić information content (AvgIpc) is 2.20. The molecular formula is C12H18N4. The van der Waals surface area contributed by atoms with E-state index in [9.17, 15) is 0 Å². The molecule has 86 valence electrons. The highest BCUT2D eigenvalue weighted by Crippen LogP contribution is 2.20. The van der Waals surface area contributed by atoms with E-state index in [2.05, 4.69) is 30.1 Å². The first-order valence-corrected chi connectivity index (χ1v) is 5.42. The third kappa shape index (κ3) is 2.48. The minimum Gasteiger partial charge on any atom is -0.357 e. The maximum absolute atomic E-state index is 9.16. The summed E-state index contributed by atoms with van der Waals surface area (Å²) >= 11 is 0. The van der Waals surface area contributed by atoms with E-state index in [1.54, 1.807) is 0 Å².